The van der Waals surface area contributed by atoms with E-state index in [0.717, 1.165) is 5.56 Å². The highest BCUT2D eigenvalue weighted by atomic mass is 16.8. The Morgan fingerprint density at radius 2 is 2.11 bits per heavy atom. The first kappa shape index (κ1) is 22.3. The molecule has 0 saturated carbocycles. The number of phenolic OH excluding ortho intramolecular Hbond substituents is 1. The first-order valence-electron chi connectivity index (χ1n) is 12.1. The van der Waals surface area contributed by atoms with Crippen LogP contribution in [0.1, 0.15) is 46.0 Å². The molecule has 4 aliphatic heterocycles. The van der Waals surface area contributed by atoms with E-state index < -0.39 is 35.8 Å². The maximum Gasteiger partial charge on any atom is 0.229 e. The van der Waals surface area contributed by atoms with Gasteiger partial charge in [-0.25, -0.2) is 0 Å². The minimum Gasteiger partial charge on any atom is -0.506 e. The van der Waals surface area contributed by atoms with Gasteiger partial charge in [0.1, 0.15) is 42.7 Å². The molecule has 4 heterocycles. The third-order valence-corrected chi connectivity index (χ3v) is 8.52. The van der Waals surface area contributed by atoms with Crippen LogP contribution in [0.15, 0.2) is 6.07 Å². The number of carbonyl (C=O) groups excluding carboxylic acids is 1. The molecular formula is C27H26O9. The number of rotatable bonds is 5. The summed E-state index contributed by atoms with van der Waals surface area (Å²) in [4.78, 5) is 12.9. The number of methoxy groups -OCH3 is 1. The predicted octanol–water partition coefficient (Wildman–Crippen LogP) is 2.09. The Balaban J connectivity index is 1.49. The Kier molecular flexibility index (Phi) is 4.42. The van der Waals surface area contributed by atoms with E-state index in [0.29, 0.717) is 52.7 Å². The van der Waals surface area contributed by atoms with E-state index in [1.54, 1.807) is 7.11 Å². The normalized spacial score (nSPS) is 34.9. The monoisotopic (exact) mass is 494 g/mol. The van der Waals surface area contributed by atoms with E-state index >= 15 is 0 Å². The molecule has 9 heteroatoms. The zero-order valence-corrected chi connectivity index (χ0v) is 20.0. The molecule has 1 aliphatic carbocycles. The van der Waals surface area contributed by atoms with Crippen LogP contribution in [0, 0.1) is 19.3 Å². The summed E-state index contributed by atoms with van der Waals surface area (Å²) in [5, 5.41) is 23.3. The van der Waals surface area contributed by atoms with Crippen molar-refractivity contribution in [2.24, 2.45) is 0 Å². The molecule has 5 aliphatic rings. The van der Waals surface area contributed by atoms with Crippen LogP contribution in [0.4, 0.5) is 0 Å². The van der Waals surface area contributed by atoms with Crippen LogP contribution in [0.5, 0.6) is 17.2 Å². The van der Waals surface area contributed by atoms with Gasteiger partial charge in [-0.05, 0) is 31.4 Å². The lowest BCUT2D eigenvalue weighted by Crippen LogP contribution is -2.69. The first-order valence-corrected chi connectivity index (χ1v) is 12.1. The van der Waals surface area contributed by atoms with Crippen LogP contribution in [-0.4, -0.2) is 72.6 Å². The van der Waals surface area contributed by atoms with Gasteiger partial charge in [0, 0.05) is 22.9 Å². The van der Waals surface area contributed by atoms with Crippen molar-refractivity contribution in [3.05, 3.63) is 28.3 Å². The van der Waals surface area contributed by atoms with E-state index in [-0.39, 0.29) is 36.9 Å². The molecule has 1 spiro atoms. The molecule has 0 aromatic heterocycles. The summed E-state index contributed by atoms with van der Waals surface area (Å²) in [7, 11) is 1.56. The first-order chi connectivity index (χ1) is 17.4. The fraction of sp³-hybridized carbons (Fsp3) is 0.519. The summed E-state index contributed by atoms with van der Waals surface area (Å²) in [5.74, 6) is 1.76. The summed E-state index contributed by atoms with van der Waals surface area (Å²) in [6, 6.07) is 1.92. The molecule has 36 heavy (non-hydrogen) atoms. The van der Waals surface area contributed by atoms with Crippen molar-refractivity contribution in [3.8, 4) is 29.6 Å². The standard InChI is InChI=1S/C27H26O9/c1-4-8-32-12-27-26(11-33-26)25(10-28)24(36-27)23(35-27)17-13(2)9-15-19(22(17)34-25)20(30)18-14(21(15)31-3)6-5-7-16(18)29/h1,9,23-24,28,30H,5-8,10-12H2,2-3H3/t23?,24?,25-,26+,27?/m1/s1. The van der Waals surface area contributed by atoms with E-state index in [9.17, 15) is 15.0 Å². The van der Waals surface area contributed by atoms with Gasteiger partial charge in [0.15, 0.2) is 17.0 Å². The molecule has 0 amide bonds. The van der Waals surface area contributed by atoms with Gasteiger partial charge in [-0.15, -0.1) is 6.42 Å². The molecule has 7 rings (SSSR count). The van der Waals surface area contributed by atoms with Crippen molar-refractivity contribution in [1.82, 2.24) is 0 Å². The fourth-order valence-corrected chi connectivity index (χ4v) is 6.94. The van der Waals surface area contributed by atoms with Gasteiger partial charge in [0.25, 0.3) is 0 Å². The second-order valence-electron chi connectivity index (χ2n) is 10.2. The maximum absolute atomic E-state index is 12.9. The molecule has 9 nitrogen and oxygen atoms in total. The summed E-state index contributed by atoms with van der Waals surface area (Å²) >= 11 is 0. The number of fused-ring (bicyclic) bond motifs is 8. The van der Waals surface area contributed by atoms with Crippen molar-refractivity contribution in [2.75, 3.05) is 33.5 Å². The van der Waals surface area contributed by atoms with Crippen molar-refractivity contribution < 1.29 is 43.4 Å². The van der Waals surface area contributed by atoms with Gasteiger partial charge in [-0.1, -0.05) is 5.92 Å². The molecule has 188 valence electrons. The Hall–Kier alpha value is -2.87. The van der Waals surface area contributed by atoms with E-state index in [2.05, 4.69) is 5.92 Å². The molecule has 2 N–H and O–H groups in total. The summed E-state index contributed by atoms with van der Waals surface area (Å²) in [5.41, 5.74) is 0.0958. The van der Waals surface area contributed by atoms with Crippen LogP contribution in [0.2, 0.25) is 0 Å². The minimum absolute atomic E-state index is 0.0123. The number of carbonyl (C=O) groups is 1. The van der Waals surface area contributed by atoms with Gasteiger partial charge < -0.3 is 38.6 Å². The zero-order valence-electron chi connectivity index (χ0n) is 20.0. The lowest BCUT2D eigenvalue weighted by atomic mass is 9.72. The van der Waals surface area contributed by atoms with Crippen molar-refractivity contribution in [3.63, 3.8) is 0 Å². The van der Waals surface area contributed by atoms with Gasteiger partial charge >= 0.3 is 0 Å². The Bertz CT molecular complexity index is 1390. The second-order valence-corrected chi connectivity index (χ2v) is 10.2. The highest BCUT2D eigenvalue weighted by Crippen LogP contribution is 2.70. The number of ketones is 1. The second kappa shape index (κ2) is 7.12. The number of aliphatic hydroxyl groups is 1. The SMILES string of the molecule is C#CCOCC12OC3c4c(C)cc5c(OC)c6c(c(O)c5c4O[C@](CO)(C3O1)[C@@]21CO1)C(=O)CCC6. The Morgan fingerprint density at radius 1 is 1.31 bits per heavy atom. The van der Waals surface area contributed by atoms with Crippen LogP contribution in [-0.2, 0) is 25.4 Å². The molecule has 2 bridgehead atoms. The number of hydrogen-bond donors (Lipinski definition) is 2. The number of aliphatic hydroxyl groups excluding tert-OH is 1. The van der Waals surface area contributed by atoms with Crippen LogP contribution >= 0.6 is 0 Å². The van der Waals surface area contributed by atoms with E-state index in [4.69, 9.17) is 34.8 Å². The minimum atomic E-state index is -1.30. The van der Waals surface area contributed by atoms with Crippen LogP contribution in [0.3, 0.4) is 0 Å². The van der Waals surface area contributed by atoms with Crippen molar-refractivity contribution in [1.29, 1.82) is 0 Å². The van der Waals surface area contributed by atoms with Crippen LogP contribution in [0.25, 0.3) is 10.8 Å². The Labute approximate surface area is 207 Å². The topological polar surface area (TPSA) is 116 Å². The molecular weight excluding hydrogens is 468 g/mol. The smallest absolute Gasteiger partial charge is 0.229 e. The third kappa shape index (κ3) is 2.33. The molecule has 3 saturated heterocycles. The van der Waals surface area contributed by atoms with Crippen molar-refractivity contribution in [2.45, 2.75) is 55.4 Å². The lowest BCUT2D eigenvalue weighted by molar-refractivity contribution is -0.247. The molecule has 0 radical (unpaired) electrons. The summed E-state index contributed by atoms with van der Waals surface area (Å²) in [6.45, 7) is 1.83. The maximum atomic E-state index is 12.9. The third-order valence-electron chi connectivity index (χ3n) is 8.52. The molecule has 2 aromatic rings. The van der Waals surface area contributed by atoms with Gasteiger partial charge in [-0.3, -0.25) is 4.79 Å². The number of phenols is 1. The molecule has 2 aromatic carbocycles. The average Bonchev–Trinajstić information content (AvgIpc) is 3.53. The summed E-state index contributed by atoms with van der Waals surface area (Å²) in [6.07, 6.45) is 5.74. The zero-order chi connectivity index (χ0) is 25.0. The number of hydrogen-bond acceptors (Lipinski definition) is 9. The number of aryl methyl sites for hydroxylation is 1. The number of aromatic hydroxyl groups is 1. The summed E-state index contributed by atoms with van der Waals surface area (Å²) < 4.78 is 37.0. The fourth-order valence-electron chi connectivity index (χ4n) is 6.94. The quantitative estimate of drug-likeness (QED) is 0.366. The number of Topliss-reactive ketones (excluding diaryl/α,β-unsaturated/α-hetero) is 1. The Morgan fingerprint density at radius 3 is 2.81 bits per heavy atom. The number of ether oxygens (including phenoxy) is 6. The number of terminal acetylenes is 1. The lowest BCUT2D eigenvalue weighted by Gasteiger charge is -2.48. The number of epoxide rings is 1. The van der Waals surface area contributed by atoms with Gasteiger partial charge in [0.2, 0.25) is 5.79 Å². The van der Waals surface area contributed by atoms with Gasteiger partial charge in [0.05, 0.1) is 31.3 Å². The highest BCUT2D eigenvalue weighted by molar-refractivity contribution is 6.11. The largest absolute Gasteiger partial charge is 0.506 e. The molecule has 3 unspecified atom stereocenters. The molecule has 3 fully saturated rings. The van der Waals surface area contributed by atoms with Gasteiger partial charge in [-0.2, -0.15) is 0 Å². The van der Waals surface area contributed by atoms with Crippen molar-refractivity contribution >= 4 is 16.6 Å². The average molecular weight is 494 g/mol. The van der Waals surface area contributed by atoms with E-state index in [1.165, 1.54) is 0 Å². The predicted molar refractivity (Wildman–Crippen MR) is 124 cm³/mol. The number of benzene rings is 2. The highest BCUT2D eigenvalue weighted by Gasteiger charge is 2.90. The van der Waals surface area contributed by atoms with E-state index in [1.807, 2.05) is 13.0 Å². The van der Waals surface area contributed by atoms with Crippen LogP contribution < -0.4 is 9.47 Å². The molecule has 5 atom stereocenters.